The van der Waals surface area contributed by atoms with E-state index in [0.29, 0.717) is 23.8 Å². The molecule has 0 saturated heterocycles. The second-order valence-corrected chi connectivity index (χ2v) is 6.54. The van der Waals surface area contributed by atoms with E-state index in [1.807, 2.05) is 19.1 Å². The molecule has 2 rings (SSSR count). The highest BCUT2D eigenvalue weighted by molar-refractivity contribution is 5.95. The van der Waals surface area contributed by atoms with E-state index < -0.39 is 18.1 Å². The van der Waals surface area contributed by atoms with Crippen LogP contribution in [0.15, 0.2) is 18.2 Å². The molecular formula is C18H28N2O3. The topological polar surface area (TPSA) is 84.6 Å². The van der Waals surface area contributed by atoms with Crippen LogP contribution in [0.4, 0.5) is 5.69 Å². The van der Waals surface area contributed by atoms with Crippen LogP contribution in [-0.2, 0) is 4.79 Å². The minimum atomic E-state index is -1.21. The molecule has 1 amide bonds. The number of aliphatic hydroxyl groups is 1. The van der Waals surface area contributed by atoms with E-state index in [1.54, 1.807) is 13.2 Å². The first-order valence-corrected chi connectivity index (χ1v) is 8.40. The van der Waals surface area contributed by atoms with Crippen LogP contribution in [0.25, 0.3) is 0 Å². The van der Waals surface area contributed by atoms with Gasteiger partial charge in [0, 0.05) is 6.04 Å². The molecule has 0 bridgehead atoms. The Morgan fingerprint density at radius 2 is 2.09 bits per heavy atom. The summed E-state index contributed by atoms with van der Waals surface area (Å²) in [7, 11) is 1.55. The van der Waals surface area contributed by atoms with Gasteiger partial charge in [-0.05, 0) is 37.0 Å². The first-order valence-electron chi connectivity index (χ1n) is 8.40. The summed E-state index contributed by atoms with van der Waals surface area (Å²) in [5.41, 5.74) is 7.62. The predicted octanol–water partition coefficient (Wildman–Crippen LogP) is 2.60. The van der Waals surface area contributed by atoms with Gasteiger partial charge in [0.2, 0.25) is 0 Å². The molecule has 1 aromatic carbocycles. The zero-order chi connectivity index (χ0) is 16.8. The van der Waals surface area contributed by atoms with E-state index in [9.17, 15) is 9.90 Å². The van der Waals surface area contributed by atoms with Crippen molar-refractivity contribution in [2.75, 3.05) is 12.4 Å². The normalized spacial score (nSPS) is 18.3. The largest absolute Gasteiger partial charge is 0.495 e. The maximum absolute atomic E-state index is 12.3. The second kappa shape index (κ2) is 8.31. The molecule has 4 N–H and O–H groups in total. The Kier molecular flexibility index (Phi) is 6.42. The zero-order valence-corrected chi connectivity index (χ0v) is 14.0. The molecule has 2 atom stereocenters. The number of ether oxygens (including phenoxy) is 1. The molecule has 1 unspecified atom stereocenters. The van der Waals surface area contributed by atoms with Crippen molar-refractivity contribution in [2.24, 2.45) is 11.7 Å². The lowest BCUT2D eigenvalue weighted by Crippen LogP contribution is -2.44. The van der Waals surface area contributed by atoms with Crippen LogP contribution in [0.2, 0.25) is 0 Å². The van der Waals surface area contributed by atoms with Gasteiger partial charge in [-0.1, -0.05) is 38.2 Å². The van der Waals surface area contributed by atoms with Gasteiger partial charge >= 0.3 is 0 Å². The minimum Gasteiger partial charge on any atom is -0.495 e. The Balaban J connectivity index is 1.95. The van der Waals surface area contributed by atoms with Gasteiger partial charge in [0.25, 0.3) is 5.91 Å². The van der Waals surface area contributed by atoms with Gasteiger partial charge in [0.1, 0.15) is 11.9 Å². The fourth-order valence-corrected chi connectivity index (χ4v) is 3.26. The number of amides is 1. The van der Waals surface area contributed by atoms with Crippen molar-refractivity contribution >= 4 is 11.6 Å². The molecule has 0 radical (unpaired) electrons. The standard InChI is InChI=1S/C18H28N2O3/c1-12-8-9-16(23-2)15(10-12)20-18(22)17(21)14(19)11-13-6-4-3-5-7-13/h8-10,13-14,17,21H,3-7,11,19H2,1-2H3,(H,20,22)/t14-,17?/m1/s1. The molecule has 5 nitrogen and oxygen atoms in total. The number of aryl methyl sites for hydroxylation is 1. The van der Waals surface area contributed by atoms with Crippen LogP contribution in [-0.4, -0.2) is 30.3 Å². The monoisotopic (exact) mass is 320 g/mol. The number of rotatable bonds is 6. The number of carbonyl (C=O) groups is 1. The van der Waals surface area contributed by atoms with Crippen LogP contribution < -0.4 is 15.8 Å². The van der Waals surface area contributed by atoms with Crippen LogP contribution >= 0.6 is 0 Å². The van der Waals surface area contributed by atoms with E-state index in [4.69, 9.17) is 10.5 Å². The number of methoxy groups -OCH3 is 1. The third-order valence-electron chi connectivity index (χ3n) is 4.62. The summed E-state index contributed by atoms with van der Waals surface area (Å²) >= 11 is 0. The maximum Gasteiger partial charge on any atom is 0.254 e. The van der Waals surface area contributed by atoms with E-state index in [-0.39, 0.29) is 0 Å². The summed E-state index contributed by atoms with van der Waals surface area (Å²) in [5, 5.41) is 13.0. The number of anilines is 1. The molecule has 0 aliphatic heterocycles. The van der Waals surface area contributed by atoms with Gasteiger partial charge in [-0.2, -0.15) is 0 Å². The average molecular weight is 320 g/mol. The van der Waals surface area contributed by atoms with E-state index in [1.165, 1.54) is 19.3 Å². The average Bonchev–Trinajstić information content (AvgIpc) is 2.55. The van der Waals surface area contributed by atoms with Gasteiger partial charge in [-0.15, -0.1) is 0 Å². The van der Waals surface area contributed by atoms with Crippen LogP contribution in [0, 0.1) is 12.8 Å². The molecule has 1 aliphatic carbocycles. The van der Waals surface area contributed by atoms with Crippen molar-refractivity contribution in [2.45, 2.75) is 57.6 Å². The summed E-state index contributed by atoms with van der Waals surface area (Å²) < 4.78 is 5.24. The number of nitrogens with one attached hydrogen (secondary N) is 1. The summed E-state index contributed by atoms with van der Waals surface area (Å²) in [6, 6.07) is 4.98. The SMILES string of the molecule is COc1ccc(C)cc1NC(=O)C(O)[C@H](N)CC1CCCCC1. The molecule has 1 aliphatic rings. The summed E-state index contributed by atoms with van der Waals surface area (Å²) in [5.74, 6) is 0.615. The maximum atomic E-state index is 12.3. The third kappa shape index (κ3) is 4.94. The van der Waals surface area contributed by atoms with Crippen molar-refractivity contribution in [3.8, 4) is 5.75 Å². The predicted molar refractivity (Wildman–Crippen MR) is 91.5 cm³/mol. The van der Waals surface area contributed by atoms with Crippen molar-refractivity contribution < 1.29 is 14.6 Å². The van der Waals surface area contributed by atoms with Crippen LogP contribution in [0.1, 0.15) is 44.1 Å². The highest BCUT2D eigenvalue weighted by Gasteiger charge is 2.27. The number of benzene rings is 1. The summed E-state index contributed by atoms with van der Waals surface area (Å²) in [4.78, 5) is 12.3. The fourth-order valence-electron chi connectivity index (χ4n) is 3.26. The quantitative estimate of drug-likeness (QED) is 0.752. The molecule has 23 heavy (non-hydrogen) atoms. The van der Waals surface area contributed by atoms with Crippen LogP contribution in [0.5, 0.6) is 5.75 Å². The molecule has 0 aromatic heterocycles. The molecule has 0 heterocycles. The fraction of sp³-hybridized carbons (Fsp3) is 0.611. The molecular weight excluding hydrogens is 292 g/mol. The molecule has 0 spiro atoms. The molecule has 1 saturated carbocycles. The highest BCUT2D eigenvalue weighted by atomic mass is 16.5. The van der Waals surface area contributed by atoms with E-state index >= 15 is 0 Å². The second-order valence-electron chi connectivity index (χ2n) is 6.54. The molecule has 1 aromatic rings. The third-order valence-corrected chi connectivity index (χ3v) is 4.62. The lowest BCUT2D eigenvalue weighted by molar-refractivity contribution is -0.125. The Bertz CT molecular complexity index is 527. The molecule has 5 heteroatoms. The van der Waals surface area contributed by atoms with Crippen LogP contribution in [0.3, 0.4) is 0 Å². The lowest BCUT2D eigenvalue weighted by atomic mass is 9.84. The van der Waals surface area contributed by atoms with Gasteiger partial charge < -0.3 is 20.9 Å². The van der Waals surface area contributed by atoms with Gasteiger partial charge in [-0.3, -0.25) is 4.79 Å². The number of hydrogen-bond donors (Lipinski definition) is 3. The highest BCUT2D eigenvalue weighted by Crippen LogP contribution is 2.28. The Morgan fingerprint density at radius 1 is 1.39 bits per heavy atom. The number of carbonyl (C=O) groups excluding carboxylic acids is 1. The zero-order valence-electron chi connectivity index (χ0n) is 14.0. The molecule has 1 fully saturated rings. The van der Waals surface area contributed by atoms with E-state index in [2.05, 4.69) is 5.32 Å². The van der Waals surface area contributed by atoms with Gasteiger partial charge in [0.15, 0.2) is 0 Å². The Labute approximate surface area is 138 Å². The number of aliphatic hydroxyl groups excluding tert-OH is 1. The smallest absolute Gasteiger partial charge is 0.254 e. The van der Waals surface area contributed by atoms with Crippen molar-refractivity contribution in [1.29, 1.82) is 0 Å². The minimum absolute atomic E-state index is 0.475. The number of nitrogens with two attached hydrogens (primary N) is 1. The Morgan fingerprint density at radius 3 is 2.74 bits per heavy atom. The van der Waals surface area contributed by atoms with Crippen molar-refractivity contribution in [3.05, 3.63) is 23.8 Å². The molecule has 128 valence electrons. The number of hydrogen-bond acceptors (Lipinski definition) is 4. The summed E-state index contributed by atoms with van der Waals surface area (Å²) in [6.45, 7) is 1.93. The van der Waals surface area contributed by atoms with Crippen molar-refractivity contribution in [3.63, 3.8) is 0 Å². The first kappa shape index (κ1) is 17.8. The first-order chi connectivity index (χ1) is 11.0. The lowest BCUT2D eigenvalue weighted by Gasteiger charge is -2.26. The summed E-state index contributed by atoms with van der Waals surface area (Å²) in [6.07, 6.45) is 5.51. The van der Waals surface area contributed by atoms with Crippen molar-refractivity contribution in [1.82, 2.24) is 0 Å². The van der Waals surface area contributed by atoms with Gasteiger partial charge in [-0.25, -0.2) is 0 Å². The Hall–Kier alpha value is -1.59. The van der Waals surface area contributed by atoms with Gasteiger partial charge in [0.05, 0.1) is 12.8 Å². The van der Waals surface area contributed by atoms with E-state index in [0.717, 1.165) is 18.4 Å².